The molecule has 3 aliphatic carbocycles. The summed E-state index contributed by atoms with van der Waals surface area (Å²) >= 11 is 3.07. The number of esters is 2. The summed E-state index contributed by atoms with van der Waals surface area (Å²) < 4.78 is 16.1. The van der Waals surface area contributed by atoms with Crippen molar-refractivity contribution in [1.82, 2.24) is 0 Å². The Morgan fingerprint density at radius 3 is 2.74 bits per heavy atom. The van der Waals surface area contributed by atoms with Crippen LogP contribution in [-0.4, -0.2) is 42.0 Å². The molecule has 1 heterocycles. The highest BCUT2D eigenvalue weighted by atomic mass is 79.9. The maximum absolute atomic E-state index is 13.8. The number of methoxy groups -OCH3 is 1. The minimum absolute atomic E-state index is 0.0457. The second-order valence-electron chi connectivity index (χ2n) is 9.80. The molecule has 3 aliphatic rings. The summed E-state index contributed by atoms with van der Waals surface area (Å²) in [4.78, 5) is 52.0. The smallest absolute Gasteiger partial charge is 0.317 e. The van der Waals surface area contributed by atoms with Gasteiger partial charge in [-0.25, -0.2) is 0 Å². The predicted octanol–water partition coefficient (Wildman–Crippen LogP) is 3.81. The number of rotatable bonds is 4. The van der Waals surface area contributed by atoms with Crippen molar-refractivity contribution in [3.05, 3.63) is 23.7 Å². The average molecular weight is 533 g/mol. The van der Waals surface area contributed by atoms with Gasteiger partial charge >= 0.3 is 11.9 Å². The molecule has 4 rings (SSSR count). The number of carbonyl (C=O) groups is 4. The molecule has 0 spiro atoms. The van der Waals surface area contributed by atoms with E-state index in [1.807, 2.05) is 13.0 Å². The van der Waals surface area contributed by atoms with Gasteiger partial charge in [0.1, 0.15) is 11.1 Å². The molecule has 0 aromatic carbocycles. The van der Waals surface area contributed by atoms with Crippen LogP contribution >= 0.6 is 15.9 Å². The second kappa shape index (κ2) is 9.69. The molecule has 7 nitrogen and oxygen atoms in total. The molecule has 3 fully saturated rings. The van der Waals surface area contributed by atoms with E-state index in [1.165, 1.54) is 7.11 Å². The summed E-state index contributed by atoms with van der Waals surface area (Å²) in [7, 11) is 1.33. The number of ether oxygens (including phenoxy) is 2. The normalized spacial score (nSPS) is 34.8. The number of carbonyl (C=O) groups excluding carboxylic acids is 4. The highest BCUT2D eigenvalue weighted by Gasteiger charge is 2.62. The first-order valence-corrected chi connectivity index (χ1v) is 12.8. The molecule has 0 saturated heterocycles. The minimum atomic E-state index is -1.03. The van der Waals surface area contributed by atoms with Crippen LogP contribution in [0.4, 0.5) is 0 Å². The fraction of sp³-hybridized carbons (Fsp3) is 0.615. The van der Waals surface area contributed by atoms with E-state index in [1.54, 1.807) is 13.2 Å². The van der Waals surface area contributed by atoms with Crippen molar-refractivity contribution in [2.75, 3.05) is 12.4 Å². The van der Waals surface area contributed by atoms with Crippen LogP contribution in [0.5, 0.6) is 0 Å². The number of furan rings is 1. The number of fused-ring (bicyclic) bond motifs is 3. The molecular weight excluding hydrogens is 504 g/mol. The molecule has 7 atom stereocenters. The molecule has 7 unspecified atom stereocenters. The predicted molar refractivity (Wildman–Crippen MR) is 125 cm³/mol. The van der Waals surface area contributed by atoms with Gasteiger partial charge in [0, 0.05) is 30.2 Å². The molecule has 3 saturated carbocycles. The first-order valence-electron chi connectivity index (χ1n) is 11.6. The van der Waals surface area contributed by atoms with Gasteiger partial charge in [0.05, 0.1) is 19.3 Å². The highest BCUT2D eigenvalue weighted by Crippen LogP contribution is 2.60. The van der Waals surface area contributed by atoms with Crippen LogP contribution in [0, 0.1) is 40.9 Å². The first-order chi connectivity index (χ1) is 16.2. The van der Waals surface area contributed by atoms with Crippen molar-refractivity contribution in [2.45, 2.75) is 58.0 Å². The molecule has 0 bridgehead atoms. The lowest BCUT2D eigenvalue weighted by molar-refractivity contribution is -0.183. The van der Waals surface area contributed by atoms with Gasteiger partial charge in [0.25, 0.3) is 0 Å². The molecule has 0 radical (unpaired) electrons. The zero-order valence-corrected chi connectivity index (χ0v) is 21.2. The first kappa shape index (κ1) is 24.7. The second-order valence-corrected chi connectivity index (χ2v) is 10.4. The molecule has 0 amide bonds. The SMILES string of the molecule is CC#Cc1occc1C1CC(=O)C2CCC3(C)C(C(=O)OC)CC(OC(=O)CBr)C(=O)C3C2C1. The third-order valence-electron chi connectivity index (χ3n) is 8.18. The maximum Gasteiger partial charge on any atom is 0.317 e. The number of halogens is 1. The summed E-state index contributed by atoms with van der Waals surface area (Å²) in [5.41, 5.74) is 0.205. The van der Waals surface area contributed by atoms with Crippen molar-refractivity contribution >= 4 is 39.4 Å². The van der Waals surface area contributed by atoms with E-state index >= 15 is 0 Å². The van der Waals surface area contributed by atoms with Crippen LogP contribution in [0.1, 0.15) is 63.2 Å². The Morgan fingerprint density at radius 2 is 2.06 bits per heavy atom. The van der Waals surface area contributed by atoms with Crippen molar-refractivity contribution in [2.24, 2.45) is 29.1 Å². The Bertz CT molecular complexity index is 1060. The van der Waals surface area contributed by atoms with Gasteiger partial charge in [-0.2, -0.15) is 0 Å². The summed E-state index contributed by atoms with van der Waals surface area (Å²) in [5, 5.41) is -0.0457. The topological polar surface area (TPSA) is 99.9 Å². The van der Waals surface area contributed by atoms with Crippen LogP contribution in [-0.2, 0) is 28.7 Å². The quantitative estimate of drug-likeness (QED) is 0.330. The van der Waals surface area contributed by atoms with Crippen LogP contribution in [0.25, 0.3) is 0 Å². The van der Waals surface area contributed by atoms with Gasteiger partial charge in [-0.3, -0.25) is 19.2 Å². The Kier molecular flexibility index (Phi) is 7.04. The highest BCUT2D eigenvalue weighted by molar-refractivity contribution is 9.09. The molecule has 1 aromatic rings. The number of Topliss-reactive ketones (excluding diaryl/α,β-unsaturated/α-hetero) is 2. The molecular formula is C26H29BrO7. The molecule has 0 N–H and O–H groups in total. The largest absolute Gasteiger partial charge is 0.469 e. The number of hydrogen-bond acceptors (Lipinski definition) is 7. The van der Waals surface area contributed by atoms with Crippen LogP contribution < -0.4 is 0 Å². The lowest BCUT2D eigenvalue weighted by Crippen LogP contribution is -2.60. The number of alkyl halides is 1. The molecule has 8 heteroatoms. The maximum atomic E-state index is 13.8. The van der Waals surface area contributed by atoms with Gasteiger partial charge in [0.2, 0.25) is 0 Å². The van der Waals surface area contributed by atoms with Gasteiger partial charge in [0.15, 0.2) is 17.6 Å². The van der Waals surface area contributed by atoms with Gasteiger partial charge < -0.3 is 13.9 Å². The van der Waals surface area contributed by atoms with E-state index in [0.29, 0.717) is 31.4 Å². The monoisotopic (exact) mass is 532 g/mol. The van der Waals surface area contributed by atoms with Crippen LogP contribution in [0.15, 0.2) is 16.7 Å². The fourth-order valence-electron chi connectivity index (χ4n) is 6.69. The van der Waals surface area contributed by atoms with E-state index in [-0.39, 0.29) is 41.1 Å². The third kappa shape index (κ3) is 4.13. The number of ketones is 2. The standard InChI is InChI=1S/C26H29BrO7/c1-4-5-20-15(7-9-33-20)14-10-17-16(19(28)11-14)6-8-26(2)18(25(31)32-3)12-21(24(30)23(17)26)34-22(29)13-27/h7,9,14,16-18,21,23H,6,8,10-13H2,1-3H3. The summed E-state index contributed by atoms with van der Waals surface area (Å²) in [5.74, 6) is 3.49. The Morgan fingerprint density at radius 1 is 1.29 bits per heavy atom. The van der Waals surface area contributed by atoms with Gasteiger partial charge in [-0.1, -0.05) is 28.8 Å². The van der Waals surface area contributed by atoms with Gasteiger partial charge in [-0.15, -0.1) is 0 Å². The average Bonchev–Trinajstić information content (AvgIpc) is 3.28. The Labute approximate surface area is 207 Å². The van der Waals surface area contributed by atoms with E-state index in [0.717, 1.165) is 5.56 Å². The molecule has 34 heavy (non-hydrogen) atoms. The van der Waals surface area contributed by atoms with Crippen LogP contribution in [0.3, 0.4) is 0 Å². The Hall–Kier alpha value is -2.40. The zero-order chi connectivity index (χ0) is 24.6. The molecule has 1 aromatic heterocycles. The van der Waals surface area contributed by atoms with E-state index in [9.17, 15) is 19.2 Å². The lowest BCUT2D eigenvalue weighted by atomic mass is 9.46. The third-order valence-corrected chi connectivity index (χ3v) is 8.64. The summed E-state index contributed by atoms with van der Waals surface area (Å²) in [6, 6.07) is 1.85. The van der Waals surface area contributed by atoms with E-state index < -0.39 is 35.3 Å². The van der Waals surface area contributed by atoms with Crippen LogP contribution in [0.2, 0.25) is 0 Å². The number of hydrogen-bond donors (Lipinski definition) is 0. The van der Waals surface area contributed by atoms with Gasteiger partial charge in [-0.05, 0) is 55.4 Å². The van der Waals surface area contributed by atoms with Crippen molar-refractivity contribution in [1.29, 1.82) is 0 Å². The van der Waals surface area contributed by atoms with E-state index in [2.05, 4.69) is 27.8 Å². The van der Waals surface area contributed by atoms with E-state index in [4.69, 9.17) is 13.9 Å². The lowest BCUT2D eigenvalue weighted by Gasteiger charge is -2.56. The summed E-state index contributed by atoms with van der Waals surface area (Å²) in [6.07, 6.45) is 2.82. The van der Waals surface area contributed by atoms with Crippen molar-refractivity contribution in [3.8, 4) is 11.8 Å². The van der Waals surface area contributed by atoms with Crippen molar-refractivity contribution < 1.29 is 33.1 Å². The zero-order valence-electron chi connectivity index (χ0n) is 19.6. The molecule has 182 valence electrons. The van der Waals surface area contributed by atoms with Crippen molar-refractivity contribution in [3.63, 3.8) is 0 Å². The Balaban J connectivity index is 1.73. The molecule has 0 aliphatic heterocycles. The minimum Gasteiger partial charge on any atom is -0.469 e. The summed E-state index contributed by atoms with van der Waals surface area (Å²) in [6.45, 7) is 3.68. The fourth-order valence-corrected chi connectivity index (χ4v) is 6.82.